The molecule has 0 unspecified atom stereocenters. The van der Waals surface area contributed by atoms with Gasteiger partial charge in [-0.2, -0.15) is 0 Å². The second-order valence-corrected chi connectivity index (χ2v) is 5.00. The first-order valence-corrected chi connectivity index (χ1v) is 7.01. The van der Waals surface area contributed by atoms with Crippen molar-refractivity contribution in [3.63, 3.8) is 0 Å². The normalized spacial score (nSPS) is 17.4. The molecular weight excluding hydrogens is 240 g/mol. The molecule has 1 fully saturated rings. The highest BCUT2D eigenvalue weighted by Crippen LogP contribution is 2.32. The molecule has 1 aromatic rings. The minimum absolute atomic E-state index is 0.368. The maximum absolute atomic E-state index is 5.94. The number of likely N-dealkylation sites (tertiary alicyclic amines) is 1. The average Bonchev–Trinajstić information content (AvgIpc) is 2.43. The molecule has 19 heavy (non-hydrogen) atoms. The molecule has 0 radical (unpaired) electrons. The summed E-state index contributed by atoms with van der Waals surface area (Å²) in [7, 11) is 1.68. The van der Waals surface area contributed by atoms with Crippen molar-refractivity contribution in [2.45, 2.75) is 32.4 Å². The minimum Gasteiger partial charge on any atom is -0.493 e. The number of piperidine rings is 1. The lowest BCUT2D eigenvalue weighted by Crippen LogP contribution is -2.39. The zero-order chi connectivity index (χ0) is 13.7. The first-order chi connectivity index (χ1) is 9.24. The van der Waals surface area contributed by atoms with Gasteiger partial charge in [0.15, 0.2) is 11.5 Å². The summed E-state index contributed by atoms with van der Waals surface area (Å²) >= 11 is 0. The molecule has 1 aliphatic rings. The number of rotatable bonds is 5. The molecule has 0 amide bonds. The lowest BCUT2D eigenvalue weighted by molar-refractivity contribution is 0.201. The number of hydrogen-bond acceptors (Lipinski definition) is 4. The summed E-state index contributed by atoms with van der Waals surface area (Å²) in [6.45, 7) is 5.67. The third-order valence-corrected chi connectivity index (χ3v) is 3.60. The SMILES string of the molecule is CCOc1c(CN2CCC(N)CC2)cccc1OC. The van der Waals surface area contributed by atoms with Crippen LogP contribution in [0.3, 0.4) is 0 Å². The van der Waals surface area contributed by atoms with Gasteiger partial charge in [0.05, 0.1) is 13.7 Å². The molecule has 0 bridgehead atoms. The molecule has 0 aliphatic carbocycles. The number of methoxy groups -OCH3 is 1. The molecule has 1 aromatic carbocycles. The summed E-state index contributed by atoms with van der Waals surface area (Å²) in [5.41, 5.74) is 7.13. The van der Waals surface area contributed by atoms with Crippen LogP contribution in [-0.4, -0.2) is 37.7 Å². The number of hydrogen-bond donors (Lipinski definition) is 1. The third-order valence-electron chi connectivity index (χ3n) is 3.60. The highest BCUT2D eigenvalue weighted by atomic mass is 16.5. The van der Waals surface area contributed by atoms with Gasteiger partial charge in [0, 0.05) is 18.2 Å². The Labute approximate surface area is 115 Å². The Hall–Kier alpha value is -1.26. The highest BCUT2D eigenvalue weighted by molar-refractivity contribution is 5.46. The topological polar surface area (TPSA) is 47.7 Å². The fraction of sp³-hybridized carbons (Fsp3) is 0.600. The van der Waals surface area contributed by atoms with Crippen molar-refractivity contribution in [2.24, 2.45) is 5.73 Å². The van der Waals surface area contributed by atoms with Crippen molar-refractivity contribution in [3.8, 4) is 11.5 Å². The smallest absolute Gasteiger partial charge is 0.165 e. The van der Waals surface area contributed by atoms with E-state index < -0.39 is 0 Å². The first-order valence-electron chi connectivity index (χ1n) is 7.01. The van der Waals surface area contributed by atoms with E-state index in [-0.39, 0.29) is 0 Å². The third kappa shape index (κ3) is 3.61. The van der Waals surface area contributed by atoms with Gasteiger partial charge >= 0.3 is 0 Å². The minimum atomic E-state index is 0.368. The van der Waals surface area contributed by atoms with Gasteiger partial charge in [0.25, 0.3) is 0 Å². The molecule has 4 nitrogen and oxygen atoms in total. The molecule has 0 spiro atoms. The Morgan fingerprint density at radius 3 is 2.68 bits per heavy atom. The number of ether oxygens (including phenoxy) is 2. The second-order valence-electron chi connectivity index (χ2n) is 5.00. The molecule has 2 N–H and O–H groups in total. The van der Waals surface area contributed by atoms with E-state index in [9.17, 15) is 0 Å². The second kappa shape index (κ2) is 6.78. The van der Waals surface area contributed by atoms with Crippen molar-refractivity contribution < 1.29 is 9.47 Å². The van der Waals surface area contributed by atoms with Gasteiger partial charge in [-0.1, -0.05) is 12.1 Å². The number of benzene rings is 1. The van der Waals surface area contributed by atoms with Crippen LogP contribution in [0.4, 0.5) is 0 Å². The van der Waals surface area contributed by atoms with Crippen molar-refractivity contribution in [3.05, 3.63) is 23.8 Å². The standard InChI is InChI=1S/C15H24N2O2/c1-3-19-15-12(5-4-6-14(15)18-2)11-17-9-7-13(16)8-10-17/h4-6,13H,3,7-11,16H2,1-2H3. The summed E-state index contributed by atoms with van der Waals surface area (Å²) in [6.07, 6.45) is 2.15. The maximum Gasteiger partial charge on any atom is 0.165 e. The Bertz CT molecular complexity index is 401. The van der Waals surface area contributed by atoms with E-state index in [1.54, 1.807) is 7.11 Å². The summed E-state index contributed by atoms with van der Waals surface area (Å²) in [4.78, 5) is 2.43. The average molecular weight is 264 g/mol. The van der Waals surface area contributed by atoms with Crippen LogP contribution in [0, 0.1) is 0 Å². The Balaban J connectivity index is 2.10. The maximum atomic E-state index is 5.94. The summed E-state index contributed by atoms with van der Waals surface area (Å²) in [5, 5.41) is 0. The van der Waals surface area contributed by atoms with Gasteiger partial charge in [-0.3, -0.25) is 4.90 Å². The van der Waals surface area contributed by atoms with E-state index in [1.807, 2.05) is 19.1 Å². The van der Waals surface area contributed by atoms with Crippen molar-refractivity contribution >= 4 is 0 Å². The van der Waals surface area contributed by atoms with E-state index in [0.29, 0.717) is 12.6 Å². The zero-order valence-electron chi connectivity index (χ0n) is 11.9. The summed E-state index contributed by atoms with van der Waals surface area (Å²) in [6, 6.07) is 6.45. The summed E-state index contributed by atoms with van der Waals surface area (Å²) < 4.78 is 11.1. The van der Waals surface area contributed by atoms with Gasteiger partial charge in [-0.15, -0.1) is 0 Å². The van der Waals surface area contributed by atoms with Gasteiger partial charge < -0.3 is 15.2 Å². The lowest BCUT2D eigenvalue weighted by atomic mass is 10.0. The molecule has 0 atom stereocenters. The summed E-state index contributed by atoms with van der Waals surface area (Å²) in [5.74, 6) is 1.69. The highest BCUT2D eigenvalue weighted by Gasteiger charge is 2.18. The molecule has 2 rings (SSSR count). The molecule has 1 saturated heterocycles. The zero-order valence-corrected chi connectivity index (χ0v) is 11.9. The molecule has 0 aromatic heterocycles. The van der Waals surface area contributed by atoms with Crippen LogP contribution in [0.25, 0.3) is 0 Å². The molecule has 1 aliphatic heterocycles. The van der Waals surface area contributed by atoms with Gasteiger partial charge in [-0.05, 0) is 38.9 Å². The van der Waals surface area contributed by atoms with E-state index in [0.717, 1.165) is 44.0 Å². The number of para-hydroxylation sites is 1. The van der Waals surface area contributed by atoms with Crippen LogP contribution in [0.5, 0.6) is 11.5 Å². The van der Waals surface area contributed by atoms with Crippen molar-refractivity contribution in [1.29, 1.82) is 0 Å². The van der Waals surface area contributed by atoms with Crippen LogP contribution in [0.15, 0.2) is 18.2 Å². The van der Waals surface area contributed by atoms with Gasteiger partial charge in [0.1, 0.15) is 0 Å². The van der Waals surface area contributed by atoms with Gasteiger partial charge in [0.2, 0.25) is 0 Å². The number of nitrogens with zero attached hydrogens (tertiary/aromatic N) is 1. The van der Waals surface area contributed by atoms with E-state index in [2.05, 4.69) is 11.0 Å². The fourth-order valence-corrected chi connectivity index (χ4v) is 2.51. The van der Waals surface area contributed by atoms with Crippen LogP contribution in [-0.2, 0) is 6.54 Å². The largest absolute Gasteiger partial charge is 0.493 e. The Kier molecular flexibility index (Phi) is 5.05. The molecule has 0 saturated carbocycles. The Morgan fingerprint density at radius 1 is 1.32 bits per heavy atom. The van der Waals surface area contributed by atoms with Gasteiger partial charge in [-0.25, -0.2) is 0 Å². The van der Waals surface area contributed by atoms with Crippen LogP contribution >= 0.6 is 0 Å². The monoisotopic (exact) mass is 264 g/mol. The molecule has 1 heterocycles. The van der Waals surface area contributed by atoms with Crippen LogP contribution in [0.2, 0.25) is 0 Å². The predicted octanol–water partition coefficient (Wildman–Crippen LogP) is 2.02. The molecular formula is C15H24N2O2. The Morgan fingerprint density at radius 2 is 2.05 bits per heavy atom. The lowest BCUT2D eigenvalue weighted by Gasteiger charge is -2.30. The van der Waals surface area contributed by atoms with Crippen LogP contribution in [0.1, 0.15) is 25.3 Å². The predicted molar refractivity (Wildman–Crippen MR) is 76.6 cm³/mol. The molecule has 106 valence electrons. The van der Waals surface area contributed by atoms with Crippen molar-refractivity contribution in [1.82, 2.24) is 4.90 Å². The quantitative estimate of drug-likeness (QED) is 0.884. The molecule has 4 heteroatoms. The first kappa shape index (κ1) is 14.2. The van der Waals surface area contributed by atoms with Crippen LogP contribution < -0.4 is 15.2 Å². The van der Waals surface area contributed by atoms with E-state index in [4.69, 9.17) is 15.2 Å². The fourth-order valence-electron chi connectivity index (χ4n) is 2.51. The van der Waals surface area contributed by atoms with E-state index in [1.165, 1.54) is 5.56 Å². The van der Waals surface area contributed by atoms with E-state index >= 15 is 0 Å². The number of nitrogens with two attached hydrogens (primary N) is 1. The van der Waals surface area contributed by atoms with Crippen molar-refractivity contribution in [2.75, 3.05) is 26.8 Å².